The van der Waals surface area contributed by atoms with Gasteiger partial charge in [-0.1, -0.05) is 0 Å². The van der Waals surface area contributed by atoms with Gasteiger partial charge in [0, 0.05) is 35.4 Å². The molecule has 2 rings (SSSR count). The fraction of sp³-hybridized carbons (Fsp3) is 1.00. The Morgan fingerprint density at radius 3 is 2.79 bits per heavy atom. The van der Waals surface area contributed by atoms with E-state index in [1.165, 1.54) is 32.5 Å². The third kappa shape index (κ3) is 3.04. The van der Waals surface area contributed by atoms with Crippen molar-refractivity contribution < 1.29 is 4.21 Å². The summed E-state index contributed by atoms with van der Waals surface area (Å²) in [5, 5.41) is 3.40. The Labute approximate surface area is 88.7 Å². The van der Waals surface area contributed by atoms with Crippen molar-refractivity contribution in [2.24, 2.45) is 5.92 Å². The maximum absolute atomic E-state index is 11.1. The molecule has 1 atom stereocenters. The third-order valence-electron chi connectivity index (χ3n) is 3.29. The van der Waals surface area contributed by atoms with E-state index in [0.717, 1.165) is 30.5 Å². The molecule has 82 valence electrons. The minimum absolute atomic E-state index is 0.520. The van der Waals surface area contributed by atoms with Gasteiger partial charge in [-0.3, -0.25) is 4.21 Å². The average Bonchev–Trinajstić information content (AvgIpc) is 2.70. The van der Waals surface area contributed by atoms with E-state index in [1.807, 2.05) is 0 Å². The zero-order valence-corrected chi connectivity index (χ0v) is 9.52. The first-order valence-electron chi connectivity index (χ1n) is 5.62. The summed E-state index contributed by atoms with van der Waals surface area (Å²) in [6.45, 7) is 5.72. The summed E-state index contributed by atoms with van der Waals surface area (Å²) >= 11 is 0. The Bertz CT molecular complexity index is 194. The lowest BCUT2D eigenvalue weighted by Crippen LogP contribution is -2.38. The van der Waals surface area contributed by atoms with Gasteiger partial charge >= 0.3 is 0 Å². The molecular weight excluding hydrogens is 196 g/mol. The fourth-order valence-electron chi connectivity index (χ4n) is 2.23. The summed E-state index contributed by atoms with van der Waals surface area (Å²) in [6, 6.07) is 0. The van der Waals surface area contributed by atoms with Crippen LogP contribution in [0, 0.1) is 5.92 Å². The highest BCUT2D eigenvalue weighted by atomic mass is 32.2. The molecule has 1 unspecified atom stereocenters. The molecule has 4 heteroatoms. The van der Waals surface area contributed by atoms with Crippen LogP contribution in [-0.2, 0) is 10.8 Å². The molecule has 2 saturated heterocycles. The lowest BCUT2D eigenvalue weighted by Gasteiger charge is -2.26. The van der Waals surface area contributed by atoms with Crippen LogP contribution in [0.25, 0.3) is 0 Å². The molecule has 0 bridgehead atoms. The summed E-state index contributed by atoms with van der Waals surface area (Å²) in [4.78, 5) is 2.47. The van der Waals surface area contributed by atoms with Crippen LogP contribution < -0.4 is 5.32 Å². The third-order valence-corrected chi connectivity index (χ3v) is 4.56. The van der Waals surface area contributed by atoms with Gasteiger partial charge in [0.15, 0.2) is 0 Å². The van der Waals surface area contributed by atoms with Gasteiger partial charge in [0.25, 0.3) is 0 Å². The molecule has 0 aromatic carbocycles. The van der Waals surface area contributed by atoms with Gasteiger partial charge < -0.3 is 10.2 Å². The lowest BCUT2D eigenvalue weighted by atomic mass is 10.1. The Kier molecular flexibility index (Phi) is 3.96. The van der Waals surface area contributed by atoms with Gasteiger partial charge in [0.2, 0.25) is 0 Å². The van der Waals surface area contributed by atoms with Crippen molar-refractivity contribution >= 4 is 10.8 Å². The molecule has 0 aliphatic carbocycles. The Morgan fingerprint density at radius 2 is 2.14 bits per heavy atom. The van der Waals surface area contributed by atoms with Gasteiger partial charge in [-0.15, -0.1) is 0 Å². The molecule has 3 nitrogen and oxygen atoms in total. The van der Waals surface area contributed by atoms with Crippen molar-refractivity contribution in [2.45, 2.75) is 12.8 Å². The predicted octanol–water partition coefficient (Wildman–Crippen LogP) is 0.0503. The molecule has 2 aliphatic heterocycles. The van der Waals surface area contributed by atoms with Crippen LogP contribution >= 0.6 is 0 Å². The van der Waals surface area contributed by atoms with E-state index in [9.17, 15) is 4.21 Å². The summed E-state index contributed by atoms with van der Waals surface area (Å²) in [7, 11) is -0.520. The molecule has 0 saturated carbocycles. The second-order valence-electron chi connectivity index (χ2n) is 4.34. The van der Waals surface area contributed by atoms with Crippen LogP contribution in [0.4, 0.5) is 0 Å². The van der Waals surface area contributed by atoms with E-state index in [2.05, 4.69) is 10.2 Å². The van der Waals surface area contributed by atoms with E-state index in [4.69, 9.17) is 0 Å². The molecular formula is C10H20N2OS. The standard InChI is InChI=1S/C10H20N2OS/c13-14-7-5-12(6-8-14)4-2-10-1-3-11-9-10/h10-11H,1-9H2. The van der Waals surface area contributed by atoms with Gasteiger partial charge in [0.1, 0.15) is 0 Å². The molecule has 2 fully saturated rings. The van der Waals surface area contributed by atoms with Crippen LogP contribution in [0.5, 0.6) is 0 Å². The van der Waals surface area contributed by atoms with Crippen LogP contribution in [0.1, 0.15) is 12.8 Å². The van der Waals surface area contributed by atoms with E-state index < -0.39 is 10.8 Å². The van der Waals surface area contributed by atoms with Crippen LogP contribution in [0.3, 0.4) is 0 Å². The minimum atomic E-state index is -0.520. The fourth-order valence-corrected chi connectivity index (χ4v) is 3.35. The second-order valence-corrected chi connectivity index (χ2v) is 6.03. The normalized spacial score (nSPS) is 31.0. The highest BCUT2D eigenvalue weighted by molar-refractivity contribution is 7.85. The van der Waals surface area contributed by atoms with Crippen LogP contribution in [-0.4, -0.2) is 53.3 Å². The highest BCUT2D eigenvalue weighted by Crippen LogP contribution is 2.13. The maximum Gasteiger partial charge on any atom is 0.0363 e. The zero-order valence-electron chi connectivity index (χ0n) is 8.71. The van der Waals surface area contributed by atoms with Crippen LogP contribution in [0.15, 0.2) is 0 Å². The van der Waals surface area contributed by atoms with E-state index in [1.54, 1.807) is 0 Å². The van der Waals surface area contributed by atoms with Crippen molar-refractivity contribution in [2.75, 3.05) is 44.2 Å². The first-order valence-corrected chi connectivity index (χ1v) is 7.11. The molecule has 0 spiro atoms. The molecule has 14 heavy (non-hydrogen) atoms. The number of nitrogens with zero attached hydrogens (tertiary/aromatic N) is 1. The Morgan fingerprint density at radius 1 is 1.36 bits per heavy atom. The molecule has 2 heterocycles. The summed E-state index contributed by atoms with van der Waals surface area (Å²) < 4.78 is 11.1. The van der Waals surface area contributed by atoms with E-state index in [0.29, 0.717) is 0 Å². The van der Waals surface area contributed by atoms with Crippen molar-refractivity contribution in [3.8, 4) is 0 Å². The van der Waals surface area contributed by atoms with Gasteiger partial charge in [-0.05, 0) is 38.4 Å². The number of nitrogens with one attached hydrogen (secondary N) is 1. The van der Waals surface area contributed by atoms with Gasteiger partial charge in [0.05, 0.1) is 0 Å². The SMILES string of the molecule is O=S1CCN(CCC2CCNC2)CC1. The van der Waals surface area contributed by atoms with Crippen molar-refractivity contribution in [3.05, 3.63) is 0 Å². The number of hydrogen-bond donors (Lipinski definition) is 1. The summed E-state index contributed by atoms with van der Waals surface area (Å²) in [5.74, 6) is 2.67. The number of hydrogen-bond acceptors (Lipinski definition) is 3. The first kappa shape index (κ1) is 10.6. The molecule has 0 amide bonds. The molecule has 2 aliphatic rings. The van der Waals surface area contributed by atoms with Crippen molar-refractivity contribution in [1.29, 1.82) is 0 Å². The quantitative estimate of drug-likeness (QED) is 0.723. The lowest BCUT2D eigenvalue weighted by molar-refractivity contribution is 0.276. The monoisotopic (exact) mass is 216 g/mol. The molecule has 1 N–H and O–H groups in total. The average molecular weight is 216 g/mol. The first-order chi connectivity index (χ1) is 6.84. The maximum atomic E-state index is 11.1. The van der Waals surface area contributed by atoms with Crippen LogP contribution in [0.2, 0.25) is 0 Å². The largest absolute Gasteiger partial charge is 0.316 e. The second kappa shape index (κ2) is 5.24. The highest BCUT2D eigenvalue weighted by Gasteiger charge is 2.18. The summed E-state index contributed by atoms with van der Waals surface area (Å²) in [5.41, 5.74) is 0. The Balaban J connectivity index is 1.63. The zero-order chi connectivity index (χ0) is 9.80. The van der Waals surface area contributed by atoms with Gasteiger partial charge in [-0.2, -0.15) is 0 Å². The number of rotatable bonds is 3. The topological polar surface area (TPSA) is 32.3 Å². The Hall–Kier alpha value is 0.0700. The van der Waals surface area contributed by atoms with Gasteiger partial charge in [-0.25, -0.2) is 0 Å². The van der Waals surface area contributed by atoms with Crippen molar-refractivity contribution in [3.63, 3.8) is 0 Å². The molecule has 0 aromatic heterocycles. The smallest absolute Gasteiger partial charge is 0.0363 e. The molecule has 0 aromatic rings. The molecule has 0 radical (unpaired) electrons. The van der Waals surface area contributed by atoms with Crippen molar-refractivity contribution in [1.82, 2.24) is 10.2 Å². The minimum Gasteiger partial charge on any atom is -0.316 e. The predicted molar refractivity (Wildman–Crippen MR) is 59.9 cm³/mol. The summed E-state index contributed by atoms with van der Waals surface area (Å²) in [6.07, 6.45) is 2.67. The van der Waals surface area contributed by atoms with E-state index in [-0.39, 0.29) is 0 Å². The van der Waals surface area contributed by atoms with E-state index >= 15 is 0 Å².